The molecule has 158 valence electrons. The highest BCUT2D eigenvalue weighted by molar-refractivity contribution is 6.24. The van der Waals surface area contributed by atoms with Gasteiger partial charge in [-0.05, 0) is 35.4 Å². The first-order valence-corrected chi connectivity index (χ1v) is 9.59. The fourth-order valence-electron chi connectivity index (χ4n) is 4.96. The number of carbonyl (C=O) groups excluding carboxylic acids is 3. The van der Waals surface area contributed by atoms with Crippen LogP contribution in [0.3, 0.4) is 0 Å². The maximum atomic E-state index is 13.4. The Morgan fingerprint density at radius 2 is 1.68 bits per heavy atom. The summed E-state index contributed by atoms with van der Waals surface area (Å²) in [6, 6.07) is 9.63. The first-order chi connectivity index (χ1) is 14.7. The number of nitrogens with zero attached hydrogens (tertiary/aromatic N) is 2. The van der Waals surface area contributed by atoms with Crippen LogP contribution in [0.25, 0.3) is 6.08 Å². The molecule has 3 aliphatic heterocycles. The highest BCUT2D eigenvalue weighted by Gasteiger charge is 2.64. The van der Waals surface area contributed by atoms with Gasteiger partial charge in [0, 0.05) is 6.20 Å². The van der Waals surface area contributed by atoms with Gasteiger partial charge in [-0.15, -0.1) is 0 Å². The molecule has 0 bridgehead atoms. The predicted octanol–water partition coefficient (Wildman–Crippen LogP) is 2.71. The number of fused-ring (bicyclic) bond motifs is 5. The van der Waals surface area contributed by atoms with Gasteiger partial charge in [0.1, 0.15) is 6.04 Å². The Labute approximate surface area is 174 Å². The third-order valence-electron chi connectivity index (χ3n) is 6.18. The van der Waals surface area contributed by atoms with Gasteiger partial charge in [0.2, 0.25) is 17.7 Å². The average molecular weight is 427 g/mol. The van der Waals surface area contributed by atoms with Gasteiger partial charge in [0.25, 0.3) is 0 Å². The molecule has 2 saturated heterocycles. The van der Waals surface area contributed by atoms with Crippen molar-refractivity contribution in [3.8, 4) is 0 Å². The molecule has 0 aliphatic carbocycles. The van der Waals surface area contributed by atoms with Gasteiger partial charge in [-0.3, -0.25) is 14.4 Å². The van der Waals surface area contributed by atoms with E-state index >= 15 is 0 Å². The number of alkyl halides is 3. The van der Waals surface area contributed by atoms with Crippen molar-refractivity contribution in [1.29, 1.82) is 0 Å². The number of nitrogens with two attached hydrogens (primary N) is 1. The predicted molar refractivity (Wildman–Crippen MR) is 104 cm³/mol. The van der Waals surface area contributed by atoms with Crippen LogP contribution < -0.4 is 10.6 Å². The number of halogens is 3. The van der Waals surface area contributed by atoms with E-state index < -0.39 is 53.4 Å². The number of amides is 3. The fraction of sp³-hybridized carbons (Fsp3) is 0.227. The summed E-state index contributed by atoms with van der Waals surface area (Å²) >= 11 is 0. The van der Waals surface area contributed by atoms with E-state index in [0.717, 1.165) is 34.2 Å². The molecule has 0 saturated carbocycles. The smallest absolute Gasteiger partial charge is 0.368 e. The summed E-state index contributed by atoms with van der Waals surface area (Å²) in [5, 5.41) is 0. The lowest BCUT2D eigenvalue weighted by Gasteiger charge is -2.34. The molecular weight excluding hydrogens is 411 g/mol. The van der Waals surface area contributed by atoms with Crippen LogP contribution in [-0.4, -0.2) is 28.7 Å². The molecule has 0 radical (unpaired) electrons. The van der Waals surface area contributed by atoms with Gasteiger partial charge in [-0.1, -0.05) is 30.3 Å². The van der Waals surface area contributed by atoms with E-state index in [1.165, 1.54) is 6.07 Å². The largest absolute Gasteiger partial charge is 0.416 e. The van der Waals surface area contributed by atoms with Crippen LogP contribution in [0.4, 0.5) is 18.9 Å². The maximum absolute atomic E-state index is 13.4. The standard InChI is InChI=1S/C22H16F3N3O3/c23-22(24,25)12-5-3-6-13(10-12)28-20(30)15-16(21(28)31)18(19(26)29)27-9-8-11-4-1-2-7-14(11)17(15)27/h1-10,15-18H,(H2,26,29)/t15-,16+,17-,18-/m0/s1. The summed E-state index contributed by atoms with van der Waals surface area (Å²) in [5.74, 6) is -4.16. The summed E-state index contributed by atoms with van der Waals surface area (Å²) in [6.45, 7) is 0. The van der Waals surface area contributed by atoms with E-state index in [4.69, 9.17) is 5.73 Å². The summed E-state index contributed by atoms with van der Waals surface area (Å²) in [4.78, 5) is 41.4. The molecule has 0 spiro atoms. The van der Waals surface area contributed by atoms with Gasteiger partial charge >= 0.3 is 6.18 Å². The molecule has 2 aromatic rings. The summed E-state index contributed by atoms with van der Waals surface area (Å²) < 4.78 is 39.5. The average Bonchev–Trinajstić information content (AvgIpc) is 3.20. The van der Waals surface area contributed by atoms with Crippen molar-refractivity contribution < 1.29 is 27.6 Å². The van der Waals surface area contributed by atoms with E-state index in [1.54, 1.807) is 23.2 Å². The Balaban J connectivity index is 1.62. The molecule has 0 aromatic heterocycles. The minimum atomic E-state index is -4.63. The molecule has 3 aliphatic rings. The van der Waals surface area contributed by atoms with Crippen LogP contribution in [0.2, 0.25) is 0 Å². The minimum Gasteiger partial charge on any atom is -0.368 e. The van der Waals surface area contributed by atoms with Crippen molar-refractivity contribution in [2.75, 3.05) is 4.90 Å². The Hall–Kier alpha value is -3.62. The van der Waals surface area contributed by atoms with Gasteiger partial charge in [-0.2, -0.15) is 13.2 Å². The van der Waals surface area contributed by atoms with Gasteiger partial charge in [-0.25, -0.2) is 4.90 Å². The summed E-state index contributed by atoms with van der Waals surface area (Å²) in [6.07, 6.45) is -1.20. The molecular formula is C22H16F3N3O3. The fourth-order valence-corrected chi connectivity index (χ4v) is 4.96. The van der Waals surface area contributed by atoms with E-state index in [1.807, 2.05) is 18.2 Å². The molecule has 3 amide bonds. The van der Waals surface area contributed by atoms with Crippen molar-refractivity contribution in [2.24, 2.45) is 17.6 Å². The topological polar surface area (TPSA) is 83.7 Å². The second kappa shape index (κ2) is 6.44. The van der Waals surface area contributed by atoms with Gasteiger partial charge in [0.05, 0.1) is 29.1 Å². The van der Waals surface area contributed by atoms with E-state index in [2.05, 4.69) is 0 Å². The first kappa shape index (κ1) is 19.3. The van der Waals surface area contributed by atoms with Crippen LogP contribution in [0.1, 0.15) is 22.7 Å². The highest BCUT2D eigenvalue weighted by atomic mass is 19.4. The lowest BCUT2D eigenvalue weighted by molar-refractivity contribution is -0.137. The molecule has 4 atom stereocenters. The minimum absolute atomic E-state index is 0.173. The van der Waals surface area contributed by atoms with E-state index in [0.29, 0.717) is 0 Å². The van der Waals surface area contributed by atoms with Crippen molar-refractivity contribution in [3.63, 3.8) is 0 Å². The molecule has 6 nitrogen and oxygen atoms in total. The van der Waals surface area contributed by atoms with E-state index in [-0.39, 0.29) is 5.69 Å². The van der Waals surface area contributed by atoms with Crippen molar-refractivity contribution in [2.45, 2.75) is 18.3 Å². The molecule has 31 heavy (non-hydrogen) atoms. The van der Waals surface area contributed by atoms with Crippen LogP contribution in [0, 0.1) is 11.8 Å². The van der Waals surface area contributed by atoms with Crippen molar-refractivity contribution >= 4 is 29.5 Å². The Morgan fingerprint density at radius 3 is 2.39 bits per heavy atom. The Bertz CT molecular complexity index is 1160. The van der Waals surface area contributed by atoms with Gasteiger partial charge < -0.3 is 10.6 Å². The molecule has 9 heteroatoms. The third-order valence-corrected chi connectivity index (χ3v) is 6.18. The number of anilines is 1. The van der Waals surface area contributed by atoms with Crippen molar-refractivity contribution in [1.82, 2.24) is 4.90 Å². The van der Waals surface area contributed by atoms with Crippen LogP contribution in [0.15, 0.2) is 54.7 Å². The Morgan fingerprint density at radius 1 is 0.968 bits per heavy atom. The number of imide groups is 1. The monoisotopic (exact) mass is 427 g/mol. The molecule has 5 rings (SSSR count). The summed E-state index contributed by atoms with van der Waals surface area (Å²) in [7, 11) is 0. The normalized spacial score (nSPS) is 26.7. The quantitative estimate of drug-likeness (QED) is 0.747. The van der Waals surface area contributed by atoms with Crippen LogP contribution in [0.5, 0.6) is 0 Å². The SMILES string of the molecule is NC(=O)[C@@H]1[C@@H]2C(=O)N(c3cccc(C(F)(F)F)c3)C(=O)[C@@H]2[C@@H]2c3ccccc3C=CN12. The molecule has 2 aromatic carbocycles. The third kappa shape index (κ3) is 2.69. The number of primary amides is 1. The van der Waals surface area contributed by atoms with Crippen LogP contribution in [-0.2, 0) is 20.6 Å². The molecule has 2 N–H and O–H groups in total. The number of rotatable bonds is 2. The maximum Gasteiger partial charge on any atom is 0.416 e. The van der Waals surface area contributed by atoms with Crippen LogP contribution >= 0.6 is 0 Å². The first-order valence-electron chi connectivity index (χ1n) is 9.59. The molecule has 2 fully saturated rings. The number of carbonyl (C=O) groups is 3. The van der Waals surface area contributed by atoms with Gasteiger partial charge in [0.15, 0.2) is 0 Å². The second-order valence-corrected chi connectivity index (χ2v) is 7.80. The van der Waals surface area contributed by atoms with E-state index in [9.17, 15) is 27.6 Å². The zero-order valence-corrected chi connectivity index (χ0v) is 15.9. The number of benzene rings is 2. The zero-order valence-electron chi connectivity index (χ0n) is 15.9. The second-order valence-electron chi connectivity index (χ2n) is 7.80. The number of hydrogen-bond donors (Lipinski definition) is 1. The lowest BCUT2D eigenvalue weighted by Crippen LogP contribution is -2.46. The zero-order chi connectivity index (χ0) is 22.1. The highest BCUT2D eigenvalue weighted by Crippen LogP contribution is 2.53. The summed E-state index contributed by atoms with van der Waals surface area (Å²) in [5.41, 5.74) is 6.06. The van der Waals surface area contributed by atoms with Crippen molar-refractivity contribution in [3.05, 3.63) is 71.4 Å². The number of hydrogen-bond acceptors (Lipinski definition) is 4. The molecule has 0 unspecified atom stereocenters. The lowest BCUT2D eigenvalue weighted by atomic mass is 9.84. The Kier molecular flexibility index (Phi) is 4.02. The molecule has 3 heterocycles.